The molecular weight excluding hydrogens is 408 g/mol. The number of amides is 2. The molecule has 2 N–H and O–H groups in total. The molecule has 2 amide bonds. The number of hydrogen-bond acceptors (Lipinski definition) is 5. The quantitative estimate of drug-likeness (QED) is 0.516. The summed E-state index contributed by atoms with van der Waals surface area (Å²) in [6, 6.07) is 19.2. The first kappa shape index (κ1) is 25.4. The van der Waals surface area contributed by atoms with Crippen molar-refractivity contribution in [1.82, 2.24) is 10.4 Å². The zero-order valence-corrected chi connectivity index (χ0v) is 19.1. The Labute approximate surface area is 190 Å². The van der Waals surface area contributed by atoms with Gasteiger partial charge in [-0.05, 0) is 44.7 Å². The molecule has 0 spiro atoms. The Morgan fingerprint density at radius 3 is 2.16 bits per heavy atom. The van der Waals surface area contributed by atoms with Crippen molar-refractivity contribution < 1.29 is 24.3 Å². The topological polar surface area (TPSA) is 88.1 Å². The number of hydroxylamine groups is 1. The molecule has 7 nitrogen and oxygen atoms in total. The smallest absolute Gasteiger partial charge is 0.410 e. The van der Waals surface area contributed by atoms with Gasteiger partial charge in [0.15, 0.2) is 0 Å². The lowest BCUT2D eigenvalue weighted by Gasteiger charge is -2.28. The summed E-state index contributed by atoms with van der Waals surface area (Å²) in [6.45, 7) is 6.06. The van der Waals surface area contributed by atoms with Crippen molar-refractivity contribution in [1.29, 1.82) is 0 Å². The Kier molecular flexibility index (Phi) is 10.2. The zero-order chi connectivity index (χ0) is 23.4. The van der Waals surface area contributed by atoms with E-state index in [0.29, 0.717) is 12.8 Å². The molecule has 1 atom stereocenters. The van der Waals surface area contributed by atoms with Gasteiger partial charge in [0.1, 0.15) is 5.60 Å². The van der Waals surface area contributed by atoms with Crippen LogP contribution in [-0.2, 0) is 27.4 Å². The van der Waals surface area contributed by atoms with Gasteiger partial charge in [-0.3, -0.25) is 9.63 Å². The second kappa shape index (κ2) is 12.8. The molecule has 174 valence electrons. The Hall–Kier alpha value is -2.90. The molecule has 0 bridgehead atoms. The summed E-state index contributed by atoms with van der Waals surface area (Å²) in [5.41, 5.74) is 3.72. The number of ether oxygens (including phenoxy) is 1. The normalized spacial score (nSPS) is 12.1. The molecule has 0 saturated carbocycles. The third-order valence-corrected chi connectivity index (χ3v) is 4.57. The fraction of sp³-hybridized carbons (Fsp3) is 0.440. The second-order valence-electron chi connectivity index (χ2n) is 8.65. The molecule has 0 aliphatic rings. The van der Waals surface area contributed by atoms with Crippen LogP contribution in [0.5, 0.6) is 0 Å². The van der Waals surface area contributed by atoms with Crippen LogP contribution < -0.4 is 5.48 Å². The van der Waals surface area contributed by atoms with Crippen molar-refractivity contribution in [2.24, 2.45) is 0 Å². The standard InChI is InChI=1S/C25H34N2O5/c1-25(2,3)32-24(30)27(16-14-22(28)18-20-10-6-4-7-11-20)17-15-23(29)26-31-19-21-12-8-5-9-13-21/h4-13,22,28H,14-19H2,1-3H3,(H,26,29)/t22-/m0/s1. The number of rotatable bonds is 11. The van der Waals surface area contributed by atoms with Crippen molar-refractivity contribution in [3.63, 3.8) is 0 Å². The summed E-state index contributed by atoms with van der Waals surface area (Å²) in [6.07, 6.45) is -0.187. The fourth-order valence-corrected chi connectivity index (χ4v) is 2.98. The lowest BCUT2D eigenvalue weighted by Crippen LogP contribution is -2.40. The van der Waals surface area contributed by atoms with E-state index >= 15 is 0 Å². The average Bonchev–Trinajstić information content (AvgIpc) is 2.74. The first-order valence-corrected chi connectivity index (χ1v) is 10.9. The predicted octanol–water partition coefficient (Wildman–Crippen LogP) is 3.86. The molecule has 2 aromatic rings. The minimum absolute atomic E-state index is 0.0583. The predicted molar refractivity (Wildman–Crippen MR) is 123 cm³/mol. The third-order valence-electron chi connectivity index (χ3n) is 4.57. The van der Waals surface area contributed by atoms with Gasteiger partial charge in [-0.1, -0.05) is 60.7 Å². The van der Waals surface area contributed by atoms with Crippen LogP contribution in [0.4, 0.5) is 4.79 Å². The molecule has 0 aliphatic carbocycles. The summed E-state index contributed by atoms with van der Waals surface area (Å²) < 4.78 is 5.46. The molecule has 0 fully saturated rings. The number of benzene rings is 2. The van der Waals surface area contributed by atoms with E-state index in [0.717, 1.165) is 11.1 Å². The highest BCUT2D eigenvalue weighted by molar-refractivity contribution is 5.76. The van der Waals surface area contributed by atoms with Crippen LogP contribution in [0.2, 0.25) is 0 Å². The zero-order valence-electron chi connectivity index (χ0n) is 19.1. The number of carbonyl (C=O) groups is 2. The van der Waals surface area contributed by atoms with Crippen LogP contribution in [0.3, 0.4) is 0 Å². The average molecular weight is 443 g/mol. The maximum atomic E-state index is 12.6. The Bertz CT molecular complexity index is 821. The van der Waals surface area contributed by atoms with Crippen molar-refractivity contribution >= 4 is 12.0 Å². The summed E-state index contributed by atoms with van der Waals surface area (Å²) in [4.78, 5) is 31.5. The Morgan fingerprint density at radius 1 is 0.969 bits per heavy atom. The molecule has 0 heterocycles. The monoisotopic (exact) mass is 442 g/mol. The molecule has 2 rings (SSSR count). The van der Waals surface area contributed by atoms with E-state index in [1.165, 1.54) is 4.90 Å². The van der Waals surface area contributed by atoms with Crippen LogP contribution in [0.15, 0.2) is 60.7 Å². The van der Waals surface area contributed by atoms with Gasteiger partial charge < -0.3 is 14.7 Å². The maximum Gasteiger partial charge on any atom is 0.410 e. The highest BCUT2D eigenvalue weighted by Gasteiger charge is 2.23. The highest BCUT2D eigenvalue weighted by atomic mass is 16.6. The Morgan fingerprint density at radius 2 is 1.56 bits per heavy atom. The number of aliphatic hydroxyl groups excluding tert-OH is 1. The van der Waals surface area contributed by atoms with Crippen LogP contribution in [0.25, 0.3) is 0 Å². The highest BCUT2D eigenvalue weighted by Crippen LogP contribution is 2.12. The number of carbonyl (C=O) groups excluding carboxylic acids is 2. The van der Waals surface area contributed by atoms with E-state index < -0.39 is 17.8 Å². The van der Waals surface area contributed by atoms with Crippen LogP contribution in [0, 0.1) is 0 Å². The lowest BCUT2D eigenvalue weighted by molar-refractivity contribution is -0.134. The van der Waals surface area contributed by atoms with Crippen molar-refractivity contribution in [2.45, 2.75) is 58.3 Å². The van der Waals surface area contributed by atoms with Crippen molar-refractivity contribution in [3.8, 4) is 0 Å². The molecule has 32 heavy (non-hydrogen) atoms. The summed E-state index contributed by atoms with van der Waals surface area (Å²) in [5, 5.41) is 10.4. The molecule has 0 saturated heterocycles. The van der Waals surface area contributed by atoms with Gasteiger partial charge in [-0.25, -0.2) is 10.3 Å². The summed E-state index contributed by atoms with van der Waals surface area (Å²) in [5.74, 6) is -0.334. The second-order valence-corrected chi connectivity index (χ2v) is 8.65. The van der Waals surface area contributed by atoms with E-state index in [1.807, 2.05) is 60.7 Å². The largest absolute Gasteiger partial charge is 0.444 e. The molecule has 0 unspecified atom stereocenters. The first-order chi connectivity index (χ1) is 15.2. The first-order valence-electron chi connectivity index (χ1n) is 10.9. The van der Waals surface area contributed by atoms with Gasteiger partial charge in [0.2, 0.25) is 5.91 Å². The van der Waals surface area contributed by atoms with E-state index in [4.69, 9.17) is 9.57 Å². The number of nitrogens with one attached hydrogen (secondary N) is 1. The third kappa shape index (κ3) is 10.4. The summed E-state index contributed by atoms with van der Waals surface area (Å²) >= 11 is 0. The number of aliphatic hydroxyl groups is 1. The van der Waals surface area contributed by atoms with E-state index in [-0.39, 0.29) is 32.0 Å². The number of nitrogens with zero attached hydrogens (tertiary/aromatic N) is 1. The van der Waals surface area contributed by atoms with Crippen LogP contribution in [-0.4, -0.2) is 46.8 Å². The number of hydrogen-bond donors (Lipinski definition) is 2. The summed E-state index contributed by atoms with van der Waals surface area (Å²) in [7, 11) is 0. The van der Waals surface area contributed by atoms with E-state index in [1.54, 1.807) is 20.8 Å². The fourth-order valence-electron chi connectivity index (χ4n) is 2.98. The van der Waals surface area contributed by atoms with Crippen LogP contribution in [0.1, 0.15) is 44.7 Å². The maximum absolute atomic E-state index is 12.6. The molecule has 2 aromatic carbocycles. The van der Waals surface area contributed by atoms with Crippen molar-refractivity contribution in [2.75, 3.05) is 13.1 Å². The van der Waals surface area contributed by atoms with E-state index in [9.17, 15) is 14.7 Å². The lowest BCUT2D eigenvalue weighted by atomic mass is 10.1. The molecular formula is C25H34N2O5. The SMILES string of the molecule is CC(C)(C)OC(=O)N(CCC(=O)NOCc1ccccc1)CC[C@H](O)Cc1ccccc1. The van der Waals surface area contributed by atoms with Crippen LogP contribution >= 0.6 is 0 Å². The van der Waals surface area contributed by atoms with Gasteiger partial charge in [0, 0.05) is 19.5 Å². The molecule has 7 heteroatoms. The van der Waals surface area contributed by atoms with E-state index in [2.05, 4.69) is 5.48 Å². The minimum atomic E-state index is -0.654. The van der Waals surface area contributed by atoms with Gasteiger partial charge in [0.05, 0.1) is 12.7 Å². The molecule has 0 radical (unpaired) electrons. The van der Waals surface area contributed by atoms with Gasteiger partial charge in [0.25, 0.3) is 0 Å². The van der Waals surface area contributed by atoms with Gasteiger partial charge >= 0.3 is 6.09 Å². The van der Waals surface area contributed by atoms with Crippen molar-refractivity contribution in [3.05, 3.63) is 71.8 Å². The molecule has 0 aliphatic heterocycles. The molecule has 0 aromatic heterocycles. The minimum Gasteiger partial charge on any atom is -0.444 e. The van der Waals surface area contributed by atoms with Gasteiger partial charge in [-0.15, -0.1) is 0 Å². The Balaban J connectivity index is 1.82. The van der Waals surface area contributed by atoms with Gasteiger partial charge in [-0.2, -0.15) is 0 Å².